The Hall–Kier alpha value is -3.46. The lowest BCUT2D eigenvalue weighted by atomic mass is 10.0. The van der Waals surface area contributed by atoms with Crippen LogP contribution in [0.3, 0.4) is 0 Å². The fourth-order valence-corrected chi connectivity index (χ4v) is 4.00. The van der Waals surface area contributed by atoms with Crippen molar-refractivity contribution in [1.29, 1.82) is 0 Å². The minimum Gasteiger partial charge on any atom is -0.371 e. The predicted octanol–water partition coefficient (Wildman–Crippen LogP) is 4.14. The third-order valence-electron chi connectivity index (χ3n) is 5.62. The Bertz CT molecular complexity index is 1080. The fourth-order valence-electron chi connectivity index (χ4n) is 3.81. The molecule has 0 spiro atoms. The lowest BCUT2D eigenvalue weighted by Gasteiger charge is -2.29. The van der Waals surface area contributed by atoms with Crippen LogP contribution in [0.4, 0.5) is 11.4 Å². The second-order valence-corrected chi connectivity index (χ2v) is 8.92. The molecule has 1 fully saturated rings. The standard InChI is InChI=1S/C24H28ClN5O4/c1-16(2)22(27-23(31)17-7-6-8-19(25)13-17)24(32)28-26-15-18-14-20(30(33)34)9-10-21(18)29-11-4-3-5-12-29/h6-10,13-16,22H,3-5,11-12H2,1-2H3,(H,27,31)(H,28,32)/b26-15-. The summed E-state index contributed by atoms with van der Waals surface area (Å²) in [7, 11) is 0. The average molecular weight is 486 g/mol. The average Bonchev–Trinajstić information content (AvgIpc) is 2.82. The van der Waals surface area contributed by atoms with Gasteiger partial charge in [-0.15, -0.1) is 0 Å². The maximum atomic E-state index is 12.8. The van der Waals surface area contributed by atoms with Crippen LogP contribution >= 0.6 is 11.6 Å². The third-order valence-corrected chi connectivity index (χ3v) is 5.85. The smallest absolute Gasteiger partial charge is 0.270 e. The molecule has 10 heteroatoms. The molecule has 1 heterocycles. The van der Waals surface area contributed by atoms with Gasteiger partial charge in [0.25, 0.3) is 17.5 Å². The molecule has 0 saturated carbocycles. The van der Waals surface area contributed by atoms with E-state index in [0.29, 0.717) is 16.1 Å². The molecule has 3 rings (SSSR count). The van der Waals surface area contributed by atoms with E-state index in [4.69, 9.17) is 11.6 Å². The highest BCUT2D eigenvalue weighted by Crippen LogP contribution is 2.27. The van der Waals surface area contributed by atoms with Crippen LogP contribution in [0.25, 0.3) is 0 Å². The van der Waals surface area contributed by atoms with E-state index in [0.717, 1.165) is 38.0 Å². The van der Waals surface area contributed by atoms with E-state index in [1.807, 2.05) is 0 Å². The molecule has 1 aliphatic rings. The van der Waals surface area contributed by atoms with Crippen LogP contribution in [0.5, 0.6) is 0 Å². The van der Waals surface area contributed by atoms with Crippen molar-refractivity contribution in [2.24, 2.45) is 11.0 Å². The molecule has 2 aromatic rings. The van der Waals surface area contributed by atoms with Crippen LogP contribution in [-0.4, -0.2) is 42.1 Å². The number of nitro benzene ring substituents is 1. The van der Waals surface area contributed by atoms with Crippen molar-refractivity contribution < 1.29 is 14.5 Å². The van der Waals surface area contributed by atoms with Gasteiger partial charge in [-0.1, -0.05) is 31.5 Å². The van der Waals surface area contributed by atoms with Gasteiger partial charge in [-0.05, 0) is 49.4 Å². The second kappa shape index (κ2) is 11.6. The number of amides is 2. The first-order chi connectivity index (χ1) is 16.3. The van der Waals surface area contributed by atoms with Crippen molar-refractivity contribution in [2.45, 2.75) is 39.2 Å². The van der Waals surface area contributed by atoms with E-state index in [2.05, 4.69) is 20.7 Å². The number of hydrogen-bond acceptors (Lipinski definition) is 6. The van der Waals surface area contributed by atoms with Gasteiger partial charge in [-0.3, -0.25) is 19.7 Å². The second-order valence-electron chi connectivity index (χ2n) is 8.49. The fraction of sp³-hybridized carbons (Fsp3) is 0.375. The van der Waals surface area contributed by atoms with E-state index in [1.54, 1.807) is 38.1 Å². The van der Waals surface area contributed by atoms with Crippen LogP contribution in [0.1, 0.15) is 49.0 Å². The topological polar surface area (TPSA) is 117 Å². The predicted molar refractivity (Wildman–Crippen MR) is 132 cm³/mol. The van der Waals surface area contributed by atoms with E-state index in [9.17, 15) is 19.7 Å². The molecular weight excluding hydrogens is 458 g/mol. The summed E-state index contributed by atoms with van der Waals surface area (Å²) in [6.45, 7) is 5.33. The summed E-state index contributed by atoms with van der Waals surface area (Å²) >= 11 is 5.95. The molecule has 2 amide bonds. The molecule has 1 atom stereocenters. The largest absolute Gasteiger partial charge is 0.371 e. The number of carbonyl (C=O) groups is 2. The molecule has 0 radical (unpaired) electrons. The zero-order valence-electron chi connectivity index (χ0n) is 19.2. The molecule has 34 heavy (non-hydrogen) atoms. The molecule has 2 N–H and O–H groups in total. The number of non-ortho nitro benzene ring substituents is 1. The molecular formula is C24H28ClN5O4. The summed E-state index contributed by atoms with van der Waals surface area (Å²) in [6, 6.07) is 10.2. The van der Waals surface area contributed by atoms with E-state index < -0.39 is 22.8 Å². The molecule has 180 valence electrons. The number of nitrogens with zero attached hydrogens (tertiary/aromatic N) is 3. The minimum atomic E-state index is -0.838. The zero-order valence-corrected chi connectivity index (χ0v) is 19.9. The Morgan fingerprint density at radius 1 is 1.15 bits per heavy atom. The number of piperidine rings is 1. The molecule has 1 unspecified atom stereocenters. The lowest BCUT2D eigenvalue weighted by molar-refractivity contribution is -0.384. The summed E-state index contributed by atoms with van der Waals surface area (Å²) in [4.78, 5) is 38.3. The highest BCUT2D eigenvalue weighted by molar-refractivity contribution is 6.31. The quantitative estimate of drug-likeness (QED) is 0.331. The maximum Gasteiger partial charge on any atom is 0.270 e. The Morgan fingerprint density at radius 3 is 2.53 bits per heavy atom. The third kappa shape index (κ3) is 6.54. The van der Waals surface area contributed by atoms with E-state index in [-0.39, 0.29) is 11.6 Å². The molecule has 1 aliphatic heterocycles. The van der Waals surface area contributed by atoms with Crippen LogP contribution < -0.4 is 15.6 Å². The van der Waals surface area contributed by atoms with Crippen LogP contribution in [0.15, 0.2) is 47.6 Å². The minimum absolute atomic E-state index is 0.0534. The number of hydrazone groups is 1. The number of hydrogen-bond donors (Lipinski definition) is 2. The van der Waals surface area contributed by atoms with Crippen molar-refractivity contribution in [3.63, 3.8) is 0 Å². The molecule has 0 aromatic heterocycles. The molecule has 9 nitrogen and oxygen atoms in total. The van der Waals surface area contributed by atoms with Gasteiger partial charge in [0, 0.05) is 47.1 Å². The number of nitrogens with one attached hydrogen (secondary N) is 2. The number of benzene rings is 2. The summed E-state index contributed by atoms with van der Waals surface area (Å²) in [5.74, 6) is -1.13. The molecule has 2 aromatic carbocycles. The lowest BCUT2D eigenvalue weighted by Crippen LogP contribution is -2.48. The molecule has 1 saturated heterocycles. The van der Waals surface area contributed by atoms with Gasteiger partial charge in [0.2, 0.25) is 0 Å². The first kappa shape index (κ1) is 25.2. The Kier molecular flexibility index (Phi) is 8.59. The summed E-state index contributed by atoms with van der Waals surface area (Å²) in [5.41, 5.74) is 4.13. The highest BCUT2D eigenvalue weighted by Gasteiger charge is 2.25. The van der Waals surface area contributed by atoms with Gasteiger partial charge >= 0.3 is 0 Å². The van der Waals surface area contributed by atoms with Crippen LogP contribution in [0.2, 0.25) is 5.02 Å². The highest BCUT2D eigenvalue weighted by atomic mass is 35.5. The van der Waals surface area contributed by atoms with Gasteiger partial charge in [-0.25, -0.2) is 5.43 Å². The first-order valence-corrected chi connectivity index (χ1v) is 11.6. The van der Waals surface area contributed by atoms with Gasteiger partial charge in [-0.2, -0.15) is 5.10 Å². The summed E-state index contributed by atoms with van der Waals surface area (Å²) in [5, 5.41) is 18.4. The summed E-state index contributed by atoms with van der Waals surface area (Å²) in [6.07, 6.45) is 4.66. The molecule has 0 bridgehead atoms. The Labute approximate surface area is 203 Å². The zero-order chi connectivity index (χ0) is 24.7. The number of anilines is 1. The van der Waals surface area contributed by atoms with Gasteiger partial charge in [0.1, 0.15) is 6.04 Å². The first-order valence-electron chi connectivity index (χ1n) is 11.2. The van der Waals surface area contributed by atoms with E-state index >= 15 is 0 Å². The number of nitro groups is 1. The monoisotopic (exact) mass is 485 g/mol. The molecule has 0 aliphatic carbocycles. The SMILES string of the molecule is CC(C)C(NC(=O)c1cccc(Cl)c1)C(=O)N/N=C\c1cc([N+](=O)[O-])ccc1N1CCCCC1. The van der Waals surface area contributed by atoms with Crippen LogP contribution in [0, 0.1) is 16.0 Å². The number of rotatable bonds is 8. The normalized spacial score (nSPS) is 14.8. The van der Waals surface area contributed by atoms with Crippen LogP contribution in [-0.2, 0) is 4.79 Å². The Morgan fingerprint density at radius 2 is 1.88 bits per heavy atom. The van der Waals surface area contributed by atoms with Crippen molar-refractivity contribution >= 4 is 41.0 Å². The van der Waals surface area contributed by atoms with Crippen molar-refractivity contribution in [3.05, 3.63) is 68.7 Å². The van der Waals surface area contributed by atoms with E-state index in [1.165, 1.54) is 24.4 Å². The van der Waals surface area contributed by atoms with Crippen molar-refractivity contribution in [3.8, 4) is 0 Å². The van der Waals surface area contributed by atoms with Gasteiger partial charge < -0.3 is 10.2 Å². The van der Waals surface area contributed by atoms with Crippen molar-refractivity contribution in [2.75, 3.05) is 18.0 Å². The summed E-state index contributed by atoms with van der Waals surface area (Å²) < 4.78 is 0. The number of halogens is 1. The van der Waals surface area contributed by atoms with Crippen molar-refractivity contribution in [1.82, 2.24) is 10.7 Å². The number of carbonyl (C=O) groups excluding carboxylic acids is 2. The van der Waals surface area contributed by atoms with Gasteiger partial charge in [0.15, 0.2) is 0 Å². The maximum absolute atomic E-state index is 12.8. The Balaban J connectivity index is 1.74. The van der Waals surface area contributed by atoms with Gasteiger partial charge in [0.05, 0.1) is 11.1 Å².